The zero-order valence-corrected chi connectivity index (χ0v) is 17.3. The van der Waals surface area contributed by atoms with Crippen molar-refractivity contribution in [2.24, 2.45) is 0 Å². The highest BCUT2D eigenvalue weighted by atomic mass is 35.5. The Hall–Kier alpha value is -2.74. The summed E-state index contributed by atoms with van der Waals surface area (Å²) in [5.41, 5.74) is 0.571. The third-order valence-electron chi connectivity index (χ3n) is 4.23. The lowest BCUT2D eigenvalue weighted by Crippen LogP contribution is -2.29. The molecule has 0 atom stereocenters. The lowest BCUT2D eigenvalue weighted by Gasteiger charge is -2.05. The van der Waals surface area contributed by atoms with Crippen molar-refractivity contribution in [2.75, 3.05) is 5.32 Å². The number of hydrogen-bond acceptors (Lipinski definition) is 5. The number of rotatable bonds is 5. The fourth-order valence-corrected chi connectivity index (χ4v) is 4.08. The minimum Gasteiger partial charge on any atom is -0.300 e. The summed E-state index contributed by atoms with van der Waals surface area (Å²) in [5, 5.41) is 9.70. The second kappa shape index (κ2) is 8.32. The molecule has 0 radical (unpaired) electrons. The van der Waals surface area contributed by atoms with E-state index in [0.29, 0.717) is 27.0 Å². The number of anilines is 1. The van der Waals surface area contributed by atoms with Gasteiger partial charge in [-0.05, 0) is 29.8 Å². The first-order chi connectivity index (χ1) is 14.0. The molecule has 29 heavy (non-hydrogen) atoms. The Labute approximate surface area is 179 Å². The number of nitrogens with one attached hydrogen (secondary N) is 1. The zero-order chi connectivity index (χ0) is 20.4. The van der Waals surface area contributed by atoms with E-state index in [4.69, 9.17) is 23.2 Å². The Morgan fingerprint density at radius 2 is 1.97 bits per heavy atom. The first-order valence-electron chi connectivity index (χ1n) is 8.63. The van der Waals surface area contributed by atoms with Crippen LogP contribution in [0.1, 0.15) is 10.4 Å². The number of carbonyl (C=O) groups excluding carboxylic acids is 1. The molecule has 2 heterocycles. The first kappa shape index (κ1) is 19.6. The summed E-state index contributed by atoms with van der Waals surface area (Å²) in [6.45, 7) is -0.196. The normalized spacial score (nSPS) is 11.0. The molecule has 4 aromatic rings. The smallest absolute Gasteiger partial charge is 0.275 e. The maximum Gasteiger partial charge on any atom is 0.275 e. The molecule has 0 aliphatic heterocycles. The van der Waals surface area contributed by atoms with Crippen LogP contribution in [0.3, 0.4) is 0 Å². The molecule has 146 valence electrons. The molecule has 0 aliphatic rings. The van der Waals surface area contributed by atoms with Gasteiger partial charge in [0.1, 0.15) is 6.54 Å². The van der Waals surface area contributed by atoms with Crippen LogP contribution in [0.15, 0.2) is 59.7 Å². The zero-order valence-electron chi connectivity index (χ0n) is 14.9. The standard InChI is InChI=1S/C20H14Cl2N4O2S/c21-14-5-6-17(22)13(7-14)8-15-10-23-20(29-15)25-18(27)11-26-19(28)16-4-2-1-3-12(16)9-24-26/h1-7,9-10H,8,11H2,(H,23,25,27). The van der Waals surface area contributed by atoms with Crippen LogP contribution in [0.25, 0.3) is 10.8 Å². The summed E-state index contributed by atoms with van der Waals surface area (Å²) in [6, 6.07) is 12.4. The van der Waals surface area contributed by atoms with Crippen LogP contribution in [-0.2, 0) is 17.8 Å². The average molecular weight is 445 g/mol. The Balaban J connectivity index is 1.45. The van der Waals surface area contributed by atoms with Crippen LogP contribution < -0.4 is 10.9 Å². The van der Waals surface area contributed by atoms with Gasteiger partial charge in [0, 0.05) is 32.9 Å². The summed E-state index contributed by atoms with van der Waals surface area (Å²) in [4.78, 5) is 30.0. The van der Waals surface area contributed by atoms with E-state index < -0.39 is 0 Å². The van der Waals surface area contributed by atoms with E-state index in [0.717, 1.165) is 20.5 Å². The summed E-state index contributed by atoms with van der Waals surface area (Å²) >= 11 is 13.6. The van der Waals surface area contributed by atoms with Crippen LogP contribution in [0.2, 0.25) is 10.0 Å². The van der Waals surface area contributed by atoms with E-state index in [1.165, 1.54) is 11.3 Å². The lowest BCUT2D eigenvalue weighted by molar-refractivity contribution is -0.117. The molecule has 0 spiro atoms. The minimum absolute atomic E-state index is 0.196. The van der Waals surface area contributed by atoms with E-state index in [1.807, 2.05) is 6.07 Å². The van der Waals surface area contributed by atoms with Gasteiger partial charge >= 0.3 is 0 Å². The summed E-state index contributed by atoms with van der Waals surface area (Å²) < 4.78 is 1.14. The van der Waals surface area contributed by atoms with Crippen LogP contribution in [0.5, 0.6) is 0 Å². The molecule has 6 nitrogen and oxygen atoms in total. The van der Waals surface area contributed by atoms with Crippen LogP contribution >= 0.6 is 34.5 Å². The van der Waals surface area contributed by atoms with Crippen LogP contribution in [-0.4, -0.2) is 20.7 Å². The van der Waals surface area contributed by atoms with Gasteiger partial charge in [-0.3, -0.25) is 9.59 Å². The topological polar surface area (TPSA) is 76.9 Å². The molecule has 2 aromatic carbocycles. The monoisotopic (exact) mass is 444 g/mol. The van der Waals surface area contributed by atoms with Gasteiger partial charge in [0.25, 0.3) is 5.56 Å². The molecule has 0 saturated carbocycles. The number of aromatic nitrogens is 3. The van der Waals surface area contributed by atoms with Gasteiger partial charge in [-0.2, -0.15) is 5.10 Å². The minimum atomic E-state index is -0.378. The fourth-order valence-electron chi connectivity index (χ4n) is 2.85. The second-order valence-electron chi connectivity index (χ2n) is 6.29. The summed E-state index contributed by atoms with van der Waals surface area (Å²) in [5.74, 6) is -0.378. The molecule has 0 fully saturated rings. The van der Waals surface area contributed by atoms with Crippen molar-refractivity contribution in [2.45, 2.75) is 13.0 Å². The van der Waals surface area contributed by atoms with Crippen molar-refractivity contribution >= 4 is 56.3 Å². The maximum atomic E-state index is 12.5. The van der Waals surface area contributed by atoms with E-state index in [9.17, 15) is 9.59 Å². The van der Waals surface area contributed by atoms with Gasteiger partial charge in [0.2, 0.25) is 5.91 Å². The molecule has 0 aliphatic carbocycles. The van der Waals surface area contributed by atoms with Gasteiger partial charge in [0.05, 0.1) is 11.6 Å². The number of nitrogens with zero attached hydrogens (tertiary/aromatic N) is 3. The third kappa shape index (κ3) is 4.48. The van der Waals surface area contributed by atoms with Gasteiger partial charge < -0.3 is 5.32 Å². The predicted octanol–water partition coefficient (Wildman–Crippen LogP) is 4.39. The van der Waals surface area contributed by atoms with E-state index in [2.05, 4.69) is 15.4 Å². The Kier molecular flexibility index (Phi) is 5.62. The molecule has 0 unspecified atom stereocenters. The molecule has 1 N–H and O–H groups in total. The number of amides is 1. The van der Waals surface area contributed by atoms with Crippen molar-refractivity contribution in [3.63, 3.8) is 0 Å². The van der Waals surface area contributed by atoms with Crippen molar-refractivity contribution in [3.8, 4) is 0 Å². The van der Waals surface area contributed by atoms with Crippen molar-refractivity contribution < 1.29 is 4.79 Å². The predicted molar refractivity (Wildman–Crippen MR) is 116 cm³/mol. The van der Waals surface area contributed by atoms with E-state index in [-0.39, 0.29) is 18.0 Å². The van der Waals surface area contributed by atoms with Crippen molar-refractivity contribution in [1.29, 1.82) is 0 Å². The Morgan fingerprint density at radius 3 is 2.83 bits per heavy atom. The number of hydrogen-bond donors (Lipinski definition) is 1. The van der Waals surface area contributed by atoms with Crippen LogP contribution in [0.4, 0.5) is 5.13 Å². The maximum absolute atomic E-state index is 12.5. The van der Waals surface area contributed by atoms with Crippen LogP contribution in [0, 0.1) is 0 Å². The Bertz CT molecular complexity index is 1270. The molecular formula is C20H14Cl2N4O2S. The van der Waals surface area contributed by atoms with Crippen molar-refractivity contribution in [3.05, 3.63) is 85.7 Å². The number of thiazole rings is 1. The van der Waals surface area contributed by atoms with Crippen molar-refractivity contribution in [1.82, 2.24) is 14.8 Å². The Morgan fingerprint density at radius 1 is 1.14 bits per heavy atom. The highest BCUT2D eigenvalue weighted by Crippen LogP contribution is 2.27. The molecule has 0 saturated heterocycles. The molecule has 1 amide bonds. The van der Waals surface area contributed by atoms with Gasteiger partial charge in [-0.1, -0.05) is 41.4 Å². The summed E-state index contributed by atoms with van der Waals surface area (Å²) in [6.07, 6.45) is 3.80. The fraction of sp³-hybridized carbons (Fsp3) is 0.100. The van der Waals surface area contributed by atoms with Gasteiger partial charge in [-0.15, -0.1) is 11.3 Å². The molecule has 2 aromatic heterocycles. The highest BCUT2D eigenvalue weighted by Gasteiger charge is 2.12. The molecule has 4 rings (SSSR count). The quantitative estimate of drug-likeness (QED) is 0.495. The molecule has 0 bridgehead atoms. The second-order valence-corrected chi connectivity index (χ2v) is 8.25. The van der Waals surface area contributed by atoms with Gasteiger partial charge in [0.15, 0.2) is 5.13 Å². The van der Waals surface area contributed by atoms with E-state index in [1.54, 1.807) is 48.8 Å². The number of fused-ring (bicyclic) bond motifs is 1. The number of halogens is 2. The first-order valence-corrected chi connectivity index (χ1v) is 10.2. The van der Waals surface area contributed by atoms with E-state index >= 15 is 0 Å². The lowest BCUT2D eigenvalue weighted by atomic mass is 10.1. The highest BCUT2D eigenvalue weighted by molar-refractivity contribution is 7.15. The SMILES string of the molecule is O=C(Cn1ncc2ccccc2c1=O)Nc1ncc(Cc2cc(Cl)ccc2Cl)s1. The molecular weight excluding hydrogens is 431 g/mol. The largest absolute Gasteiger partial charge is 0.300 e. The molecule has 9 heteroatoms. The number of carbonyl (C=O) groups is 1. The number of benzene rings is 2. The van der Waals surface area contributed by atoms with Gasteiger partial charge in [-0.25, -0.2) is 9.67 Å². The summed E-state index contributed by atoms with van der Waals surface area (Å²) in [7, 11) is 0. The third-order valence-corrected chi connectivity index (χ3v) is 5.74. The average Bonchev–Trinajstić information content (AvgIpc) is 3.14.